The molecule has 0 heteroatoms. The molecule has 90 valence electrons. The van der Waals surface area contributed by atoms with Crippen LogP contribution in [0.4, 0.5) is 0 Å². The predicted molar refractivity (Wildman–Crippen MR) is 73.4 cm³/mol. The molecule has 0 bridgehead atoms. The monoisotopic (exact) mass is 218 g/mol. The van der Waals surface area contributed by atoms with Gasteiger partial charge < -0.3 is 0 Å². The van der Waals surface area contributed by atoms with Crippen LogP contribution in [0.2, 0.25) is 0 Å². The normalized spacial score (nSPS) is 27.8. The van der Waals surface area contributed by atoms with E-state index < -0.39 is 0 Å². The van der Waals surface area contributed by atoms with Gasteiger partial charge in [0.2, 0.25) is 0 Å². The van der Waals surface area contributed by atoms with Crippen LogP contribution in [0, 0.1) is 17.8 Å². The van der Waals surface area contributed by atoms with Gasteiger partial charge in [-0.25, -0.2) is 0 Å². The summed E-state index contributed by atoms with van der Waals surface area (Å²) in [7, 11) is 0. The third-order valence-electron chi connectivity index (χ3n) is 3.72. The lowest BCUT2D eigenvalue weighted by molar-refractivity contribution is 0.444. The molecule has 0 saturated heterocycles. The van der Waals surface area contributed by atoms with Crippen LogP contribution in [0.25, 0.3) is 0 Å². The summed E-state index contributed by atoms with van der Waals surface area (Å²) in [4.78, 5) is 0. The zero-order chi connectivity index (χ0) is 12.0. The van der Waals surface area contributed by atoms with Gasteiger partial charge in [-0.2, -0.15) is 0 Å². The van der Waals surface area contributed by atoms with Crippen LogP contribution in [0.15, 0.2) is 36.5 Å². The van der Waals surface area contributed by atoms with E-state index in [0.29, 0.717) is 0 Å². The highest BCUT2D eigenvalue weighted by atomic mass is 14.2. The fraction of sp³-hybridized carbons (Fsp3) is 0.625. The Kier molecular flexibility index (Phi) is 5.59. The summed E-state index contributed by atoms with van der Waals surface area (Å²) in [5.74, 6) is 2.21. The van der Waals surface area contributed by atoms with Crippen molar-refractivity contribution >= 4 is 0 Å². The summed E-state index contributed by atoms with van der Waals surface area (Å²) in [6, 6.07) is 0. The SMILES string of the molecule is C=CCC1C=CC[C@H](/C(C)=C/[C@@H](C)CC)C1. The predicted octanol–water partition coefficient (Wildman–Crippen LogP) is 5.14. The highest BCUT2D eigenvalue weighted by Gasteiger charge is 2.18. The number of allylic oxidation sites excluding steroid dienone is 5. The van der Waals surface area contributed by atoms with Gasteiger partial charge in [-0.15, -0.1) is 6.58 Å². The Morgan fingerprint density at radius 2 is 2.31 bits per heavy atom. The highest BCUT2D eigenvalue weighted by molar-refractivity contribution is 5.11. The Morgan fingerprint density at radius 1 is 1.56 bits per heavy atom. The minimum Gasteiger partial charge on any atom is -0.103 e. The first-order valence-corrected chi connectivity index (χ1v) is 6.63. The van der Waals surface area contributed by atoms with Crippen molar-refractivity contribution in [2.75, 3.05) is 0 Å². The molecule has 1 aliphatic carbocycles. The van der Waals surface area contributed by atoms with E-state index in [4.69, 9.17) is 0 Å². The molecule has 0 saturated carbocycles. The lowest BCUT2D eigenvalue weighted by Crippen LogP contribution is -2.12. The number of hydrogen-bond donors (Lipinski definition) is 0. The molecular formula is C16H26. The van der Waals surface area contributed by atoms with Crippen molar-refractivity contribution in [3.63, 3.8) is 0 Å². The van der Waals surface area contributed by atoms with Crippen LogP contribution < -0.4 is 0 Å². The second kappa shape index (κ2) is 6.73. The second-order valence-corrected chi connectivity index (χ2v) is 5.18. The zero-order valence-corrected chi connectivity index (χ0v) is 11.1. The molecule has 0 aromatic rings. The summed E-state index contributed by atoms with van der Waals surface area (Å²) >= 11 is 0. The Hall–Kier alpha value is -0.780. The highest BCUT2D eigenvalue weighted by Crippen LogP contribution is 2.31. The molecule has 1 unspecified atom stereocenters. The average molecular weight is 218 g/mol. The smallest absolute Gasteiger partial charge is 0.0166 e. The van der Waals surface area contributed by atoms with E-state index in [1.807, 2.05) is 6.08 Å². The molecule has 16 heavy (non-hydrogen) atoms. The van der Waals surface area contributed by atoms with E-state index in [-0.39, 0.29) is 0 Å². The van der Waals surface area contributed by atoms with Gasteiger partial charge in [-0.1, -0.05) is 50.1 Å². The Labute approximate surface area is 101 Å². The maximum atomic E-state index is 3.84. The van der Waals surface area contributed by atoms with Gasteiger partial charge in [-0.05, 0) is 43.9 Å². The van der Waals surface area contributed by atoms with E-state index in [9.17, 15) is 0 Å². The fourth-order valence-corrected chi connectivity index (χ4v) is 2.44. The molecule has 0 aliphatic heterocycles. The topological polar surface area (TPSA) is 0 Å². The largest absolute Gasteiger partial charge is 0.103 e. The van der Waals surface area contributed by atoms with Gasteiger partial charge in [0.15, 0.2) is 0 Å². The molecule has 0 radical (unpaired) electrons. The van der Waals surface area contributed by atoms with Crippen molar-refractivity contribution in [2.24, 2.45) is 17.8 Å². The molecule has 0 heterocycles. The van der Waals surface area contributed by atoms with Crippen molar-refractivity contribution in [3.05, 3.63) is 36.5 Å². The third-order valence-corrected chi connectivity index (χ3v) is 3.72. The molecule has 0 N–H and O–H groups in total. The van der Waals surface area contributed by atoms with Crippen molar-refractivity contribution in [3.8, 4) is 0 Å². The van der Waals surface area contributed by atoms with Crippen molar-refractivity contribution in [1.82, 2.24) is 0 Å². The first kappa shape index (κ1) is 13.3. The molecule has 0 nitrogen and oxygen atoms in total. The third kappa shape index (κ3) is 4.00. The van der Waals surface area contributed by atoms with Crippen LogP contribution >= 0.6 is 0 Å². The minimum atomic E-state index is 0.719. The fourth-order valence-electron chi connectivity index (χ4n) is 2.44. The molecule has 1 rings (SSSR count). The molecule has 0 aromatic heterocycles. The summed E-state index contributed by atoms with van der Waals surface area (Å²) in [6.45, 7) is 10.7. The van der Waals surface area contributed by atoms with Gasteiger partial charge in [0.25, 0.3) is 0 Å². The standard InChI is InChI=1S/C16H26/c1-5-8-15-9-7-10-16(12-15)14(4)11-13(3)6-2/h5,7,9,11,13,15-16H,1,6,8,10,12H2,2-4H3/b14-11+/t13-,15?,16-/m0/s1. The molecule has 1 aliphatic rings. The Bertz CT molecular complexity index is 270. The minimum absolute atomic E-state index is 0.719. The molecule has 0 aromatic carbocycles. The first-order chi connectivity index (χ1) is 7.67. The van der Waals surface area contributed by atoms with Crippen LogP contribution in [-0.4, -0.2) is 0 Å². The number of rotatable bonds is 5. The summed E-state index contributed by atoms with van der Waals surface area (Å²) < 4.78 is 0. The summed E-state index contributed by atoms with van der Waals surface area (Å²) in [5, 5.41) is 0. The van der Waals surface area contributed by atoms with Gasteiger partial charge >= 0.3 is 0 Å². The van der Waals surface area contributed by atoms with Crippen LogP contribution in [0.1, 0.15) is 46.5 Å². The van der Waals surface area contributed by atoms with Gasteiger partial charge in [-0.3, -0.25) is 0 Å². The maximum absolute atomic E-state index is 3.84. The molecule has 3 atom stereocenters. The van der Waals surface area contributed by atoms with Gasteiger partial charge in [0.05, 0.1) is 0 Å². The number of hydrogen-bond acceptors (Lipinski definition) is 0. The maximum Gasteiger partial charge on any atom is -0.0166 e. The average Bonchev–Trinajstić information content (AvgIpc) is 2.29. The van der Waals surface area contributed by atoms with Gasteiger partial charge in [0.1, 0.15) is 0 Å². The van der Waals surface area contributed by atoms with E-state index in [2.05, 4.69) is 45.6 Å². The van der Waals surface area contributed by atoms with E-state index in [0.717, 1.165) is 24.2 Å². The molecule has 0 fully saturated rings. The van der Waals surface area contributed by atoms with E-state index in [1.54, 1.807) is 5.57 Å². The van der Waals surface area contributed by atoms with Crippen molar-refractivity contribution < 1.29 is 0 Å². The van der Waals surface area contributed by atoms with E-state index >= 15 is 0 Å². The van der Waals surface area contributed by atoms with Crippen molar-refractivity contribution in [1.29, 1.82) is 0 Å². The van der Waals surface area contributed by atoms with Crippen LogP contribution in [0.3, 0.4) is 0 Å². The summed E-state index contributed by atoms with van der Waals surface area (Å²) in [6.07, 6.45) is 14.2. The second-order valence-electron chi connectivity index (χ2n) is 5.18. The summed E-state index contributed by atoms with van der Waals surface area (Å²) in [5.41, 5.74) is 1.59. The molecule has 0 amide bonds. The zero-order valence-electron chi connectivity index (χ0n) is 11.1. The van der Waals surface area contributed by atoms with E-state index in [1.165, 1.54) is 19.3 Å². The Balaban J connectivity index is 2.58. The Morgan fingerprint density at radius 3 is 2.94 bits per heavy atom. The quantitative estimate of drug-likeness (QED) is 0.561. The van der Waals surface area contributed by atoms with Gasteiger partial charge in [0, 0.05) is 0 Å². The lowest BCUT2D eigenvalue weighted by Gasteiger charge is -2.25. The first-order valence-electron chi connectivity index (χ1n) is 6.63. The molecular weight excluding hydrogens is 192 g/mol. The lowest BCUT2D eigenvalue weighted by atomic mass is 9.80. The van der Waals surface area contributed by atoms with Crippen LogP contribution in [-0.2, 0) is 0 Å². The molecule has 0 spiro atoms. The van der Waals surface area contributed by atoms with Crippen molar-refractivity contribution in [2.45, 2.75) is 46.5 Å². The van der Waals surface area contributed by atoms with Crippen LogP contribution in [0.5, 0.6) is 0 Å².